The van der Waals surface area contributed by atoms with E-state index in [0.29, 0.717) is 6.61 Å². The Morgan fingerprint density at radius 2 is 1.26 bits per heavy atom. The summed E-state index contributed by atoms with van der Waals surface area (Å²) in [5.74, 6) is 0.0966. The van der Waals surface area contributed by atoms with Crippen molar-refractivity contribution in [3.8, 4) is 0 Å². The van der Waals surface area contributed by atoms with E-state index in [0.717, 1.165) is 25.7 Å². The van der Waals surface area contributed by atoms with E-state index in [4.69, 9.17) is 4.74 Å². The molecule has 0 aliphatic heterocycles. The average Bonchev–Trinajstić information content (AvgIpc) is 2.56. The molecule has 0 rings (SSSR count). The maximum absolute atomic E-state index is 12.2. The van der Waals surface area contributed by atoms with Crippen molar-refractivity contribution in [3.05, 3.63) is 12.7 Å². The molecule has 2 heteroatoms. The number of esters is 1. The Morgan fingerprint density at radius 3 is 1.70 bits per heavy atom. The lowest BCUT2D eigenvalue weighted by molar-refractivity contribution is -0.147. The predicted molar refractivity (Wildman–Crippen MR) is 101 cm³/mol. The fraction of sp³-hybridized carbons (Fsp3) is 0.857. The van der Waals surface area contributed by atoms with E-state index in [1.807, 2.05) is 0 Å². The molecule has 0 saturated carbocycles. The van der Waals surface area contributed by atoms with E-state index in [9.17, 15) is 4.79 Å². The number of carbonyl (C=O) groups excluding carboxylic acids is 1. The van der Waals surface area contributed by atoms with Gasteiger partial charge in [0.05, 0.1) is 5.92 Å². The molecule has 2 nitrogen and oxygen atoms in total. The van der Waals surface area contributed by atoms with Gasteiger partial charge in [0.2, 0.25) is 0 Å². The second-order valence-electron chi connectivity index (χ2n) is 6.73. The highest BCUT2D eigenvalue weighted by Gasteiger charge is 2.18. The second-order valence-corrected chi connectivity index (χ2v) is 6.73. The van der Waals surface area contributed by atoms with Crippen molar-refractivity contribution in [2.45, 2.75) is 104 Å². The molecule has 0 saturated heterocycles. The molecule has 0 fully saturated rings. The third-order valence-electron chi connectivity index (χ3n) is 4.49. The zero-order valence-electron chi connectivity index (χ0n) is 15.8. The first-order valence-corrected chi connectivity index (χ1v) is 10.0. The molecular weight excluding hydrogens is 284 g/mol. The van der Waals surface area contributed by atoms with Crippen LogP contribution >= 0.6 is 0 Å². The van der Waals surface area contributed by atoms with E-state index >= 15 is 0 Å². The van der Waals surface area contributed by atoms with Crippen LogP contribution in [0.3, 0.4) is 0 Å². The number of hydrogen-bond acceptors (Lipinski definition) is 2. The Balaban J connectivity index is 3.93. The quantitative estimate of drug-likeness (QED) is 0.166. The van der Waals surface area contributed by atoms with Gasteiger partial charge < -0.3 is 4.74 Å². The number of hydrogen-bond donors (Lipinski definition) is 0. The van der Waals surface area contributed by atoms with Gasteiger partial charge >= 0.3 is 5.97 Å². The van der Waals surface area contributed by atoms with E-state index in [1.54, 1.807) is 6.08 Å². The number of rotatable bonds is 17. The van der Waals surface area contributed by atoms with Crippen molar-refractivity contribution >= 4 is 5.97 Å². The monoisotopic (exact) mass is 324 g/mol. The van der Waals surface area contributed by atoms with Crippen LogP contribution in [0, 0.1) is 5.92 Å². The summed E-state index contributed by atoms with van der Waals surface area (Å²) < 4.78 is 5.29. The summed E-state index contributed by atoms with van der Waals surface area (Å²) in [7, 11) is 0. The van der Waals surface area contributed by atoms with Crippen molar-refractivity contribution in [3.63, 3.8) is 0 Å². The lowest BCUT2D eigenvalue weighted by Gasteiger charge is -2.15. The summed E-state index contributed by atoms with van der Waals surface area (Å²) in [4.78, 5) is 12.2. The summed E-state index contributed by atoms with van der Waals surface area (Å²) in [6.07, 6.45) is 19.0. The Bertz CT molecular complexity index is 257. The minimum Gasteiger partial charge on any atom is -0.461 e. The van der Waals surface area contributed by atoms with E-state index in [2.05, 4.69) is 20.4 Å². The molecule has 0 amide bonds. The molecule has 0 aromatic carbocycles. The Kier molecular flexibility index (Phi) is 17.0. The van der Waals surface area contributed by atoms with Crippen LogP contribution in [-0.2, 0) is 9.53 Å². The highest BCUT2D eigenvalue weighted by molar-refractivity contribution is 5.72. The molecule has 0 aromatic heterocycles. The maximum atomic E-state index is 12.2. The fourth-order valence-corrected chi connectivity index (χ4v) is 2.98. The van der Waals surface area contributed by atoms with Crippen LogP contribution in [0.25, 0.3) is 0 Å². The third-order valence-corrected chi connectivity index (χ3v) is 4.49. The zero-order chi connectivity index (χ0) is 17.2. The molecule has 0 N–H and O–H groups in total. The first-order chi connectivity index (χ1) is 11.3. The van der Waals surface area contributed by atoms with Crippen molar-refractivity contribution in [1.82, 2.24) is 0 Å². The van der Waals surface area contributed by atoms with E-state index in [1.165, 1.54) is 64.2 Å². The van der Waals surface area contributed by atoms with Gasteiger partial charge in [-0.2, -0.15) is 0 Å². The maximum Gasteiger partial charge on any atom is 0.309 e. The van der Waals surface area contributed by atoms with E-state index in [-0.39, 0.29) is 11.9 Å². The number of unbranched alkanes of at least 4 members (excludes halogenated alkanes) is 10. The Hall–Kier alpha value is -0.790. The van der Waals surface area contributed by atoms with Gasteiger partial charge in [-0.25, -0.2) is 0 Å². The molecule has 0 radical (unpaired) electrons. The van der Waals surface area contributed by atoms with Crippen LogP contribution < -0.4 is 0 Å². The van der Waals surface area contributed by atoms with E-state index < -0.39 is 0 Å². The lowest BCUT2D eigenvalue weighted by atomic mass is 9.94. The zero-order valence-corrected chi connectivity index (χ0v) is 15.8. The van der Waals surface area contributed by atoms with Crippen molar-refractivity contribution in [2.24, 2.45) is 5.92 Å². The molecule has 0 aromatic rings. The molecule has 0 aliphatic carbocycles. The first-order valence-electron chi connectivity index (χ1n) is 10.0. The van der Waals surface area contributed by atoms with Crippen LogP contribution in [0.2, 0.25) is 0 Å². The predicted octanol–water partition coefficient (Wildman–Crippen LogP) is 6.83. The first kappa shape index (κ1) is 22.2. The lowest BCUT2D eigenvalue weighted by Crippen LogP contribution is -2.18. The minimum absolute atomic E-state index is 0.00739. The van der Waals surface area contributed by atoms with Crippen LogP contribution in [0.1, 0.15) is 104 Å². The molecule has 0 atom stereocenters. The smallest absolute Gasteiger partial charge is 0.309 e. The highest BCUT2D eigenvalue weighted by Crippen LogP contribution is 2.20. The summed E-state index contributed by atoms with van der Waals surface area (Å²) >= 11 is 0. The number of ether oxygens (including phenoxy) is 1. The summed E-state index contributed by atoms with van der Waals surface area (Å²) in [6, 6.07) is 0. The summed E-state index contributed by atoms with van der Waals surface area (Å²) in [6.45, 7) is 8.46. The van der Waals surface area contributed by atoms with Gasteiger partial charge in [-0.3, -0.25) is 4.79 Å². The molecule has 136 valence electrons. The SMILES string of the molecule is C=CCOC(=O)C(CCCCCCCC)CCCCCCCC. The largest absolute Gasteiger partial charge is 0.461 e. The average molecular weight is 325 g/mol. The molecule has 0 aliphatic rings. The Labute approximate surface area is 145 Å². The standard InChI is InChI=1S/C21H40O2/c1-4-7-9-11-13-15-17-20(21(22)23-19-6-3)18-16-14-12-10-8-5-2/h6,20H,3-5,7-19H2,1-2H3. The topological polar surface area (TPSA) is 26.3 Å². The van der Waals surface area contributed by atoms with Crippen LogP contribution in [-0.4, -0.2) is 12.6 Å². The molecule has 23 heavy (non-hydrogen) atoms. The Morgan fingerprint density at radius 1 is 0.826 bits per heavy atom. The third kappa shape index (κ3) is 14.5. The highest BCUT2D eigenvalue weighted by atomic mass is 16.5. The van der Waals surface area contributed by atoms with Gasteiger partial charge in [0.1, 0.15) is 6.61 Å². The van der Waals surface area contributed by atoms with Gasteiger partial charge in [0.25, 0.3) is 0 Å². The van der Waals surface area contributed by atoms with Crippen LogP contribution in [0.4, 0.5) is 0 Å². The molecule has 0 heterocycles. The van der Waals surface area contributed by atoms with Crippen molar-refractivity contribution in [1.29, 1.82) is 0 Å². The van der Waals surface area contributed by atoms with Crippen molar-refractivity contribution in [2.75, 3.05) is 6.61 Å². The molecule has 0 unspecified atom stereocenters. The van der Waals surface area contributed by atoms with Crippen molar-refractivity contribution < 1.29 is 9.53 Å². The van der Waals surface area contributed by atoms with Gasteiger partial charge in [0.15, 0.2) is 0 Å². The minimum atomic E-state index is -0.00739. The number of carbonyl (C=O) groups is 1. The molecule has 0 bridgehead atoms. The van der Waals surface area contributed by atoms with Crippen LogP contribution in [0.5, 0.6) is 0 Å². The summed E-state index contributed by atoms with van der Waals surface area (Å²) in [5.41, 5.74) is 0. The van der Waals surface area contributed by atoms with Gasteiger partial charge in [-0.05, 0) is 12.8 Å². The second kappa shape index (κ2) is 17.6. The fourth-order valence-electron chi connectivity index (χ4n) is 2.98. The molecule has 0 spiro atoms. The normalized spacial score (nSPS) is 10.9. The van der Waals surface area contributed by atoms with Gasteiger partial charge in [-0.1, -0.05) is 104 Å². The van der Waals surface area contributed by atoms with Gasteiger partial charge in [-0.15, -0.1) is 0 Å². The summed E-state index contributed by atoms with van der Waals surface area (Å²) in [5, 5.41) is 0. The van der Waals surface area contributed by atoms with Gasteiger partial charge in [0, 0.05) is 0 Å². The molecular formula is C21H40O2. The van der Waals surface area contributed by atoms with Crippen LogP contribution in [0.15, 0.2) is 12.7 Å².